The number of nitro groups is 1. The van der Waals surface area contributed by atoms with E-state index in [2.05, 4.69) is 15.2 Å². The highest BCUT2D eigenvalue weighted by atomic mass is 32.1. The SMILES string of the molecule is O=[N+]([O-])c1ccccc1NC(=S)N1CCN(c2ccccn2)CC1. The molecule has 0 unspecified atom stereocenters. The molecule has 0 aliphatic carbocycles. The van der Waals surface area contributed by atoms with Crippen molar-refractivity contribution >= 4 is 34.5 Å². The van der Waals surface area contributed by atoms with E-state index in [1.54, 1.807) is 24.4 Å². The Kier molecular flexibility index (Phi) is 4.85. The van der Waals surface area contributed by atoms with Gasteiger partial charge in [-0.1, -0.05) is 18.2 Å². The highest BCUT2D eigenvalue weighted by molar-refractivity contribution is 7.80. The lowest BCUT2D eigenvalue weighted by Crippen LogP contribution is -2.50. The molecular formula is C16H17N5O2S. The van der Waals surface area contributed by atoms with Crippen LogP contribution in [0.2, 0.25) is 0 Å². The summed E-state index contributed by atoms with van der Waals surface area (Å²) in [4.78, 5) is 19.2. The number of anilines is 2. The van der Waals surface area contributed by atoms with Crippen LogP contribution in [0.5, 0.6) is 0 Å². The molecule has 1 aliphatic heterocycles. The van der Waals surface area contributed by atoms with E-state index in [1.165, 1.54) is 6.07 Å². The number of aromatic nitrogens is 1. The van der Waals surface area contributed by atoms with E-state index in [0.29, 0.717) is 10.8 Å². The molecule has 0 amide bonds. The molecule has 1 N–H and O–H groups in total. The van der Waals surface area contributed by atoms with Gasteiger partial charge in [0.25, 0.3) is 5.69 Å². The molecule has 24 heavy (non-hydrogen) atoms. The molecule has 1 fully saturated rings. The largest absolute Gasteiger partial charge is 0.353 e. The normalized spacial score (nSPS) is 14.3. The summed E-state index contributed by atoms with van der Waals surface area (Å²) in [5.41, 5.74) is 0.437. The van der Waals surface area contributed by atoms with Gasteiger partial charge in [-0.25, -0.2) is 4.98 Å². The van der Waals surface area contributed by atoms with Crippen molar-refractivity contribution in [2.24, 2.45) is 0 Å². The lowest BCUT2D eigenvalue weighted by molar-refractivity contribution is -0.383. The summed E-state index contributed by atoms with van der Waals surface area (Å²) >= 11 is 5.42. The highest BCUT2D eigenvalue weighted by Crippen LogP contribution is 2.24. The number of thiocarbonyl (C=S) groups is 1. The molecule has 2 heterocycles. The highest BCUT2D eigenvalue weighted by Gasteiger charge is 2.21. The van der Waals surface area contributed by atoms with Crippen molar-refractivity contribution < 1.29 is 4.92 Å². The van der Waals surface area contributed by atoms with E-state index in [-0.39, 0.29) is 5.69 Å². The van der Waals surface area contributed by atoms with Crippen molar-refractivity contribution in [2.75, 3.05) is 36.4 Å². The molecule has 0 saturated carbocycles. The van der Waals surface area contributed by atoms with Crippen LogP contribution in [-0.2, 0) is 0 Å². The molecular weight excluding hydrogens is 326 g/mol. The van der Waals surface area contributed by atoms with Crippen LogP contribution in [0.3, 0.4) is 0 Å². The lowest BCUT2D eigenvalue weighted by Gasteiger charge is -2.36. The van der Waals surface area contributed by atoms with E-state index in [0.717, 1.165) is 32.0 Å². The molecule has 1 aromatic carbocycles. The van der Waals surface area contributed by atoms with E-state index < -0.39 is 4.92 Å². The molecule has 1 aliphatic rings. The average Bonchev–Trinajstić information content (AvgIpc) is 2.63. The van der Waals surface area contributed by atoms with Gasteiger partial charge in [-0.15, -0.1) is 0 Å². The average molecular weight is 343 g/mol. The van der Waals surface area contributed by atoms with Crippen molar-refractivity contribution in [3.63, 3.8) is 0 Å². The van der Waals surface area contributed by atoms with Gasteiger partial charge >= 0.3 is 0 Å². The number of benzene rings is 1. The second-order valence-corrected chi connectivity index (χ2v) is 5.75. The third-order valence-electron chi connectivity index (χ3n) is 3.88. The van der Waals surface area contributed by atoms with Crippen LogP contribution in [0.15, 0.2) is 48.7 Å². The molecule has 3 rings (SSSR count). The molecule has 0 bridgehead atoms. The van der Waals surface area contributed by atoms with E-state index in [9.17, 15) is 10.1 Å². The molecule has 8 heteroatoms. The number of para-hydroxylation sites is 2. The van der Waals surface area contributed by atoms with E-state index >= 15 is 0 Å². The Balaban J connectivity index is 1.61. The minimum Gasteiger partial charge on any atom is -0.353 e. The van der Waals surface area contributed by atoms with Crippen LogP contribution in [0.4, 0.5) is 17.2 Å². The van der Waals surface area contributed by atoms with Crippen LogP contribution < -0.4 is 10.2 Å². The Hall–Kier alpha value is -2.74. The number of hydrogen-bond acceptors (Lipinski definition) is 5. The molecule has 0 atom stereocenters. The number of rotatable bonds is 3. The number of pyridine rings is 1. The first-order chi connectivity index (χ1) is 11.6. The second-order valence-electron chi connectivity index (χ2n) is 5.37. The van der Waals surface area contributed by atoms with Crippen molar-refractivity contribution in [1.29, 1.82) is 0 Å². The van der Waals surface area contributed by atoms with Gasteiger partial charge in [-0.05, 0) is 30.4 Å². The smallest absolute Gasteiger partial charge is 0.292 e. The third-order valence-corrected chi connectivity index (χ3v) is 4.24. The van der Waals surface area contributed by atoms with Gasteiger partial charge in [0, 0.05) is 38.4 Å². The van der Waals surface area contributed by atoms with Crippen molar-refractivity contribution in [3.8, 4) is 0 Å². The Morgan fingerprint density at radius 1 is 1.12 bits per heavy atom. The maximum atomic E-state index is 11.1. The maximum absolute atomic E-state index is 11.1. The van der Waals surface area contributed by atoms with Crippen LogP contribution in [-0.4, -0.2) is 46.1 Å². The van der Waals surface area contributed by atoms with Gasteiger partial charge in [0.2, 0.25) is 0 Å². The molecule has 7 nitrogen and oxygen atoms in total. The minimum atomic E-state index is -0.413. The second kappa shape index (κ2) is 7.22. The number of nitro benzene ring substituents is 1. The summed E-state index contributed by atoms with van der Waals surface area (Å²) < 4.78 is 0. The molecule has 1 saturated heterocycles. The number of hydrogen-bond donors (Lipinski definition) is 1. The van der Waals surface area contributed by atoms with Crippen molar-refractivity contribution in [3.05, 3.63) is 58.8 Å². The predicted molar refractivity (Wildman–Crippen MR) is 97.3 cm³/mol. The lowest BCUT2D eigenvalue weighted by atomic mass is 10.2. The number of piperazine rings is 1. The summed E-state index contributed by atoms with van der Waals surface area (Å²) in [7, 11) is 0. The van der Waals surface area contributed by atoms with Gasteiger partial charge < -0.3 is 15.1 Å². The monoisotopic (exact) mass is 343 g/mol. The van der Waals surface area contributed by atoms with Crippen LogP contribution in [0, 0.1) is 10.1 Å². The van der Waals surface area contributed by atoms with Crippen molar-refractivity contribution in [2.45, 2.75) is 0 Å². The zero-order chi connectivity index (χ0) is 16.9. The first kappa shape index (κ1) is 16.1. The fraction of sp³-hybridized carbons (Fsp3) is 0.250. The van der Waals surface area contributed by atoms with E-state index in [4.69, 9.17) is 12.2 Å². The quantitative estimate of drug-likeness (QED) is 0.521. The van der Waals surface area contributed by atoms with Gasteiger partial charge in [0.15, 0.2) is 5.11 Å². The summed E-state index contributed by atoms with van der Waals surface area (Å²) in [6, 6.07) is 12.4. The van der Waals surface area contributed by atoms with Gasteiger partial charge in [0.1, 0.15) is 11.5 Å². The standard InChI is InChI=1S/C16H17N5O2S/c22-21(23)14-6-2-1-5-13(14)18-16(24)20-11-9-19(10-12-20)15-7-3-4-8-17-15/h1-8H,9-12H2,(H,18,24). The zero-order valence-electron chi connectivity index (χ0n) is 13.0. The maximum Gasteiger partial charge on any atom is 0.292 e. The Labute approximate surface area is 145 Å². The molecule has 0 spiro atoms. The molecule has 124 valence electrons. The van der Waals surface area contributed by atoms with Crippen LogP contribution in [0.1, 0.15) is 0 Å². The number of nitrogens with one attached hydrogen (secondary N) is 1. The summed E-state index contributed by atoms with van der Waals surface area (Å²) in [5.74, 6) is 0.953. The van der Waals surface area contributed by atoms with Gasteiger partial charge in [0.05, 0.1) is 4.92 Å². The predicted octanol–water partition coefficient (Wildman–Crippen LogP) is 2.51. The third kappa shape index (κ3) is 3.60. The minimum absolute atomic E-state index is 0.0203. The van der Waals surface area contributed by atoms with Crippen LogP contribution >= 0.6 is 12.2 Å². The number of nitrogens with zero attached hydrogens (tertiary/aromatic N) is 4. The summed E-state index contributed by atoms with van der Waals surface area (Å²) in [6.07, 6.45) is 1.78. The fourth-order valence-corrected chi connectivity index (χ4v) is 2.90. The molecule has 1 aromatic heterocycles. The summed E-state index contributed by atoms with van der Waals surface area (Å²) in [5, 5.41) is 14.6. The first-order valence-electron chi connectivity index (χ1n) is 7.60. The summed E-state index contributed by atoms with van der Waals surface area (Å²) in [6.45, 7) is 3.08. The zero-order valence-corrected chi connectivity index (χ0v) is 13.8. The molecule has 2 aromatic rings. The Morgan fingerprint density at radius 2 is 1.83 bits per heavy atom. The Bertz CT molecular complexity index is 732. The molecule has 0 radical (unpaired) electrons. The topological polar surface area (TPSA) is 74.5 Å². The fourth-order valence-electron chi connectivity index (χ4n) is 2.61. The van der Waals surface area contributed by atoms with Crippen molar-refractivity contribution in [1.82, 2.24) is 9.88 Å². The van der Waals surface area contributed by atoms with Crippen LogP contribution in [0.25, 0.3) is 0 Å². The van der Waals surface area contributed by atoms with Gasteiger partial charge in [-0.2, -0.15) is 0 Å². The van der Waals surface area contributed by atoms with E-state index in [1.807, 2.05) is 23.1 Å². The Morgan fingerprint density at radius 3 is 2.50 bits per heavy atom. The first-order valence-corrected chi connectivity index (χ1v) is 8.01. The van der Waals surface area contributed by atoms with Gasteiger partial charge in [-0.3, -0.25) is 10.1 Å².